The van der Waals surface area contributed by atoms with Crippen molar-refractivity contribution in [2.45, 2.75) is 45.6 Å². The van der Waals surface area contributed by atoms with Gasteiger partial charge in [-0.25, -0.2) is 0 Å². The van der Waals surface area contributed by atoms with Crippen LogP contribution in [0.4, 0.5) is 0 Å². The van der Waals surface area contributed by atoms with Crippen molar-refractivity contribution in [2.75, 3.05) is 19.6 Å². The van der Waals surface area contributed by atoms with Gasteiger partial charge in [-0.1, -0.05) is 56.0 Å². The minimum Gasteiger partial charge on any atom is -0.329 e. The molecular formula is C16H26Cl2N2. The molecule has 0 aliphatic heterocycles. The van der Waals surface area contributed by atoms with Gasteiger partial charge < -0.3 is 5.73 Å². The van der Waals surface area contributed by atoms with E-state index >= 15 is 0 Å². The largest absolute Gasteiger partial charge is 0.329 e. The van der Waals surface area contributed by atoms with Crippen LogP contribution in [0.3, 0.4) is 0 Å². The van der Waals surface area contributed by atoms with Crippen LogP contribution in [-0.2, 0) is 0 Å². The van der Waals surface area contributed by atoms with E-state index in [1.54, 1.807) is 0 Å². The third kappa shape index (κ3) is 5.25. The number of unbranched alkanes of at least 4 members (excludes halogenated alkanes) is 2. The fourth-order valence-electron chi connectivity index (χ4n) is 2.36. The molecule has 0 saturated carbocycles. The molecule has 0 amide bonds. The standard InChI is InChI=1S/C16H26Cl2N2/c1-3-5-9-20(10-6-4-2)16(12-19)13-7-8-14(17)15(18)11-13/h7-8,11,16H,3-6,9-10,12,19H2,1-2H3. The molecule has 2 nitrogen and oxygen atoms in total. The second-order valence-electron chi connectivity index (χ2n) is 5.17. The van der Waals surface area contributed by atoms with Crippen molar-refractivity contribution in [3.8, 4) is 0 Å². The summed E-state index contributed by atoms with van der Waals surface area (Å²) in [5, 5.41) is 1.20. The van der Waals surface area contributed by atoms with E-state index in [9.17, 15) is 0 Å². The highest BCUT2D eigenvalue weighted by Crippen LogP contribution is 2.28. The second-order valence-corrected chi connectivity index (χ2v) is 5.98. The quantitative estimate of drug-likeness (QED) is 0.702. The lowest BCUT2D eigenvalue weighted by molar-refractivity contribution is 0.195. The Bertz CT molecular complexity index is 388. The van der Waals surface area contributed by atoms with Crippen LogP contribution in [0.15, 0.2) is 18.2 Å². The van der Waals surface area contributed by atoms with Gasteiger partial charge in [0, 0.05) is 12.6 Å². The van der Waals surface area contributed by atoms with E-state index in [1.807, 2.05) is 18.2 Å². The van der Waals surface area contributed by atoms with Crippen LogP contribution >= 0.6 is 23.2 Å². The van der Waals surface area contributed by atoms with E-state index in [2.05, 4.69) is 18.7 Å². The molecule has 0 radical (unpaired) electrons. The molecule has 0 fully saturated rings. The summed E-state index contributed by atoms with van der Waals surface area (Å²) in [6.07, 6.45) is 4.78. The van der Waals surface area contributed by atoms with Gasteiger partial charge in [0.05, 0.1) is 10.0 Å². The van der Waals surface area contributed by atoms with Gasteiger partial charge in [0.15, 0.2) is 0 Å². The van der Waals surface area contributed by atoms with Crippen molar-refractivity contribution in [1.82, 2.24) is 4.90 Å². The van der Waals surface area contributed by atoms with Crippen LogP contribution in [0, 0.1) is 0 Å². The van der Waals surface area contributed by atoms with Crippen molar-refractivity contribution in [3.05, 3.63) is 33.8 Å². The maximum atomic E-state index is 6.14. The third-order valence-corrected chi connectivity index (χ3v) is 4.33. The first-order chi connectivity index (χ1) is 9.63. The Kier molecular flexibility index (Phi) is 8.55. The van der Waals surface area contributed by atoms with Crippen molar-refractivity contribution >= 4 is 23.2 Å². The predicted octanol–water partition coefficient (Wildman–Crippen LogP) is 4.90. The fourth-order valence-corrected chi connectivity index (χ4v) is 2.67. The number of hydrogen-bond acceptors (Lipinski definition) is 2. The molecule has 1 aromatic rings. The minimum absolute atomic E-state index is 0.225. The van der Waals surface area contributed by atoms with E-state index in [-0.39, 0.29) is 6.04 Å². The van der Waals surface area contributed by atoms with E-state index in [0.717, 1.165) is 18.7 Å². The summed E-state index contributed by atoms with van der Waals surface area (Å²) < 4.78 is 0. The SMILES string of the molecule is CCCCN(CCCC)C(CN)c1ccc(Cl)c(Cl)c1. The zero-order valence-electron chi connectivity index (χ0n) is 12.5. The molecule has 1 unspecified atom stereocenters. The summed E-state index contributed by atoms with van der Waals surface area (Å²) in [7, 11) is 0. The fraction of sp³-hybridized carbons (Fsp3) is 0.625. The first-order valence-electron chi connectivity index (χ1n) is 7.53. The molecule has 0 aliphatic rings. The van der Waals surface area contributed by atoms with Gasteiger partial charge in [0.1, 0.15) is 0 Å². The molecule has 0 aliphatic carbocycles. The zero-order chi connectivity index (χ0) is 15.0. The topological polar surface area (TPSA) is 29.3 Å². The molecule has 4 heteroatoms. The molecule has 1 aromatic carbocycles. The number of nitrogens with zero attached hydrogens (tertiary/aromatic N) is 1. The van der Waals surface area contributed by atoms with Crippen molar-refractivity contribution in [1.29, 1.82) is 0 Å². The Morgan fingerprint density at radius 3 is 2.10 bits per heavy atom. The molecule has 20 heavy (non-hydrogen) atoms. The van der Waals surface area contributed by atoms with Gasteiger partial charge in [0.25, 0.3) is 0 Å². The average molecular weight is 317 g/mol. The number of rotatable bonds is 9. The van der Waals surface area contributed by atoms with Crippen LogP contribution in [0.2, 0.25) is 10.0 Å². The van der Waals surface area contributed by atoms with Crippen LogP contribution in [-0.4, -0.2) is 24.5 Å². The van der Waals surface area contributed by atoms with Crippen LogP contribution in [0.1, 0.15) is 51.1 Å². The number of halogens is 2. The number of benzene rings is 1. The summed E-state index contributed by atoms with van der Waals surface area (Å²) >= 11 is 12.1. The molecule has 0 heterocycles. The maximum absolute atomic E-state index is 6.14. The Labute approximate surface area is 133 Å². The highest BCUT2D eigenvalue weighted by Gasteiger charge is 2.19. The Morgan fingerprint density at radius 2 is 1.65 bits per heavy atom. The van der Waals surface area contributed by atoms with Crippen LogP contribution < -0.4 is 5.73 Å². The summed E-state index contributed by atoms with van der Waals surface area (Å²) in [6.45, 7) is 7.20. The molecule has 0 spiro atoms. The summed E-state index contributed by atoms with van der Waals surface area (Å²) in [5.74, 6) is 0. The Hall–Kier alpha value is -0.280. The third-order valence-electron chi connectivity index (χ3n) is 3.59. The van der Waals surface area contributed by atoms with Gasteiger partial charge in [-0.3, -0.25) is 4.90 Å². The van der Waals surface area contributed by atoms with E-state index in [4.69, 9.17) is 28.9 Å². The number of hydrogen-bond donors (Lipinski definition) is 1. The van der Waals surface area contributed by atoms with Crippen molar-refractivity contribution < 1.29 is 0 Å². The first kappa shape index (κ1) is 17.8. The lowest BCUT2D eigenvalue weighted by atomic mass is 10.0. The average Bonchev–Trinajstić information content (AvgIpc) is 2.45. The second kappa shape index (κ2) is 9.62. The van der Waals surface area contributed by atoms with Gasteiger partial charge in [-0.05, 0) is 43.6 Å². The molecule has 0 bridgehead atoms. The van der Waals surface area contributed by atoms with E-state index < -0.39 is 0 Å². The lowest BCUT2D eigenvalue weighted by Crippen LogP contribution is -2.35. The van der Waals surface area contributed by atoms with Gasteiger partial charge in [0.2, 0.25) is 0 Å². The van der Waals surface area contributed by atoms with Crippen LogP contribution in [0.25, 0.3) is 0 Å². The minimum atomic E-state index is 0.225. The number of nitrogens with two attached hydrogens (primary N) is 1. The van der Waals surface area contributed by atoms with Crippen LogP contribution in [0.5, 0.6) is 0 Å². The van der Waals surface area contributed by atoms with E-state index in [0.29, 0.717) is 16.6 Å². The van der Waals surface area contributed by atoms with Gasteiger partial charge in [-0.2, -0.15) is 0 Å². The maximum Gasteiger partial charge on any atom is 0.0595 e. The van der Waals surface area contributed by atoms with E-state index in [1.165, 1.54) is 25.7 Å². The molecule has 1 rings (SSSR count). The highest BCUT2D eigenvalue weighted by molar-refractivity contribution is 6.42. The molecule has 0 aromatic heterocycles. The van der Waals surface area contributed by atoms with Gasteiger partial charge in [-0.15, -0.1) is 0 Å². The summed E-state index contributed by atoms with van der Waals surface area (Å²) in [6, 6.07) is 6.07. The molecule has 2 N–H and O–H groups in total. The highest BCUT2D eigenvalue weighted by atomic mass is 35.5. The zero-order valence-corrected chi connectivity index (χ0v) is 14.1. The summed E-state index contributed by atoms with van der Waals surface area (Å²) in [4.78, 5) is 2.48. The summed E-state index contributed by atoms with van der Waals surface area (Å²) in [5.41, 5.74) is 7.18. The Morgan fingerprint density at radius 1 is 1.05 bits per heavy atom. The molecular weight excluding hydrogens is 291 g/mol. The molecule has 114 valence electrons. The smallest absolute Gasteiger partial charge is 0.0595 e. The van der Waals surface area contributed by atoms with Crippen molar-refractivity contribution in [2.24, 2.45) is 5.73 Å². The predicted molar refractivity (Wildman–Crippen MR) is 89.6 cm³/mol. The Balaban J connectivity index is 2.88. The molecule has 1 atom stereocenters. The van der Waals surface area contributed by atoms with Crippen molar-refractivity contribution in [3.63, 3.8) is 0 Å². The van der Waals surface area contributed by atoms with Gasteiger partial charge >= 0.3 is 0 Å². The normalized spacial score (nSPS) is 12.9. The monoisotopic (exact) mass is 316 g/mol. The lowest BCUT2D eigenvalue weighted by Gasteiger charge is -2.31. The first-order valence-corrected chi connectivity index (χ1v) is 8.28. The molecule has 0 saturated heterocycles.